The third-order valence-corrected chi connectivity index (χ3v) is 5.80. The van der Waals surface area contributed by atoms with Crippen LogP contribution in [-0.4, -0.2) is 30.0 Å². The topological polar surface area (TPSA) is 105 Å². The van der Waals surface area contributed by atoms with Crippen molar-refractivity contribution in [1.29, 1.82) is 0 Å². The van der Waals surface area contributed by atoms with Crippen LogP contribution >= 0.6 is 0 Å². The Morgan fingerprint density at radius 1 is 0.967 bits per heavy atom. The Morgan fingerprint density at radius 3 is 2.33 bits per heavy atom. The molecule has 0 unspecified atom stereocenters. The molecule has 0 heterocycles. The summed E-state index contributed by atoms with van der Waals surface area (Å²) < 4.78 is 5.37. The summed E-state index contributed by atoms with van der Waals surface area (Å²) in [6.45, 7) is 0. The summed E-state index contributed by atoms with van der Waals surface area (Å²) in [4.78, 5) is 36.9. The average molecular weight is 406 g/mol. The lowest BCUT2D eigenvalue weighted by Crippen LogP contribution is -2.36. The molecule has 2 bridgehead atoms. The fourth-order valence-electron chi connectivity index (χ4n) is 4.40. The second-order valence-corrected chi connectivity index (χ2v) is 7.56. The summed E-state index contributed by atoms with van der Waals surface area (Å²) in [5, 5.41) is 15.1. The van der Waals surface area contributed by atoms with Crippen LogP contribution in [0.25, 0.3) is 0 Å². The first-order valence-corrected chi connectivity index (χ1v) is 9.74. The Kier molecular flexibility index (Phi) is 5.27. The van der Waals surface area contributed by atoms with E-state index in [4.69, 9.17) is 4.74 Å². The average Bonchev–Trinajstić information content (AvgIpc) is 3.37. The Labute approximate surface area is 173 Å². The molecule has 4 atom stereocenters. The fourth-order valence-corrected chi connectivity index (χ4v) is 4.40. The molecule has 2 aliphatic rings. The normalized spacial score (nSPS) is 23.8. The molecule has 7 nitrogen and oxygen atoms in total. The molecule has 0 radical (unpaired) electrons. The van der Waals surface area contributed by atoms with Crippen LogP contribution < -0.4 is 15.4 Å². The van der Waals surface area contributed by atoms with Crippen molar-refractivity contribution in [3.05, 3.63) is 66.2 Å². The largest absolute Gasteiger partial charge is 0.494 e. The summed E-state index contributed by atoms with van der Waals surface area (Å²) in [5.74, 6) is -2.59. The lowest BCUT2D eigenvalue weighted by molar-refractivity contribution is -0.146. The van der Waals surface area contributed by atoms with E-state index in [0.717, 1.165) is 0 Å². The van der Waals surface area contributed by atoms with Crippen LogP contribution in [0.3, 0.4) is 0 Å². The second kappa shape index (κ2) is 8.02. The van der Waals surface area contributed by atoms with Crippen LogP contribution in [0.2, 0.25) is 0 Å². The first-order valence-electron chi connectivity index (χ1n) is 9.74. The Hall–Kier alpha value is -3.61. The number of rotatable bonds is 6. The van der Waals surface area contributed by atoms with Gasteiger partial charge in [-0.05, 0) is 42.5 Å². The second-order valence-electron chi connectivity index (χ2n) is 7.56. The van der Waals surface area contributed by atoms with Gasteiger partial charge >= 0.3 is 5.97 Å². The van der Waals surface area contributed by atoms with E-state index >= 15 is 0 Å². The lowest BCUT2D eigenvalue weighted by atomic mass is 9.82. The minimum atomic E-state index is -0.941. The number of nitrogens with one attached hydrogen (secondary N) is 2. The smallest absolute Gasteiger partial charge is 0.307 e. The molecule has 3 N–H and O–H groups in total. The number of carboxylic acids is 1. The Balaban J connectivity index is 1.49. The molecule has 0 aromatic heterocycles. The zero-order valence-corrected chi connectivity index (χ0v) is 16.4. The maximum Gasteiger partial charge on any atom is 0.307 e. The summed E-state index contributed by atoms with van der Waals surface area (Å²) in [6, 6.07) is 13.7. The van der Waals surface area contributed by atoms with Crippen molar-refractivity contribution in [3.63, 3.8) is 0 Å². The minimum absolute atomic E-state index is 0.0533. The van der Waals surface area contributed by atoms with Crippen molar-refractivity contribution >= 4 is 29.2 Å². The number of ether oxygens (including phenoxy) is 1. The van der Waals surface area contributed by atoms with Crippen LogP contribution in [0.1, 0.15) is 16.8 Å². The number of anilines is 2. The van der Waals surface area contributed by atoms with E-state index in [1.807, 2.05) is 18.2 Å². The monoisotopic (exact) mass is 406 g/mol. The van der Waals surface area contributed by atoms with Gasteiger partial charge in [-0.15, -0.1) is 0 Å². The van der Waals surface area contributed by atoms with Crippen LogP contribution in [0, 0.1) is 23.7 Å². The number of fused-ring (bicyclic) bond motifs is 2. The van der Waals surface area contributed by atoms with Gasteiger partial charge in [-0.2, -0.15) is 0 Å². The van der Waals surface area contributed by atoms with Crippen molar-refractivity contribution in [2.75, 3.05) is 17.7 Å². The van der Waals surface area contributed by atoms with Gasteiger partial charge in [0.15, 0.2) is 0 Å². The molecule has 0 saturated heterocycles. The van der Waals surface area contributed by atoms with E-state index in [1.165, 1.54) is 7.11 Å². The van der Waals surface area contributed by atoms with Gasteiger partial charge < -0.3 is 20.5 Å². The van der Waals surface area contributed by atoms with Gasteiger partial charge in [-0.1, -0.05) is 30.4 Å². The van der Waals surface area contributed by atoms with Crippen LogP contribution in [0.4, 0.5) is 11.4 Å². The minimum Gasteiger partial charge on any atom is -0.494 e. The number of allylic oxidation sites excluding steroid dienone is 2. The SMILES string of the molecule is COc1cc(NC(=O)[C@@H]2[C@H](C(=O)O)[C@H]3C=C[C@H]2C3)ccc1NC(=O)c1ccccc1. The van der Waals surface area contributed by atoms with Gasteiger partial charge in [-0.25, -0.2) is 0 Å². The summed E-state index contributed by atoms with van der Waals surface area (Å²) in [7, 11) is 1.47. The van der Waals surface area contributed by atoms with Gasteiger partial charge in [0.1, 0.15) is 5.75 Å². The molecule has 2 aromatic rings. The van der Waals surface area contributed by atoms with Crippen molar-refractivity contribution < 1.29 is 24.2 Å². The molecule has 2 amide bonds. The van der Waals surface area contributed by atoms with Gasteiger partial charge in [0.2, 0.25) is 5.91 Å². The maximum atomic E-state index is 12.8. The standard InChI is InChI=1S/C23H22N2O5/c1-30-18-12-16(9-10-17(18)25-21(26)13-5-3-2-4-6-13)24-22(27)19-14-7-8-15(11-14)20(19)23(28)29/h2-10,12,14-15,19-20H,11H2,1H3,(H,24,27)(H,25,26)(H,28,29)/t14-,15-,19-,20+/m0/s1. The highest BCUT2D eigenvalue weighted by Gasteiger charge is 2.51. The van der Waals surface area contributed by atoms with Crippen molar-refractivity contribution in [2.45, 2.75) is 6.42 Å². The van der Waals surface area contributed by atoms with E-state index < -0.39 is 17.8 Å². The third-order valence-electron chi connectivity index (χ3n) is 5.80. The van der Waals surface area contributed by atoms with Crippen molar-refractivity contribution in [1.82, 2.24) is 0 Å². The van der Waals surface area contributed by atoms with Crippen molar-refractivity contribution in [2.24, 2.45) is 23.7 Å². The molecule has 7 heteroatoms. The van der Waals surface area contributed by atoms with Gasteiger partial charge in [0.05, 0.1) is 24.6 Å². The predicted molar refractivity (Wildman–Crippen MR) is 111 cm³/mol. The molecular weight excluding hydrogens is 384 g/mol. The highest BCUT2D eigenvalue weighted by Crippen LogP contribution is 2.48. The number of carbonyl (C=O) groups excluding carboxylic acids is 2. The highest BCUT2D eigenvalue weighted by atomic mass is 16.5. The number of hydrogen-bond donors (Lipinski definition) is 3. The number of carbonyl (C=O) groups is 3. The maximum absolute atomic E-state index is 12.8. The molecule has 154 valence electrons. The van der Waals surface area contributed by atoms with Crippen molar-refractivity contribution in [3.8, 4) is 5.75 Å². The molecular formula is C23H22N2O5. The summed E-state index contributed by atoms with van der Waals surface area (Å²) in [5.41, 5.74) is 1.46. The molecule has 2 aliphatic carbocycles. The Morgan fingerprint density at radius 2 is 1.67 bits per heavy atom. The quantitative estimate of drug-likeness (QED) is 0.638. The lowest BCUT2D eigenvalue weighted by Gasteiger charge is -2.24. The number of benzene rings is 2. The van der Waals surface area contributed by atoms with E-state index in [2.05, 4.69) is 10.6 Å². The third kappa shape index (κ3) is 3.66. The van der Waals surface area contributed by atoms with Gasteiger partial charge in [0.25, 0.3) is 5.91 Å². The summed E-state index contributed by atoms with van der Waals surface area (Å²) in [6.07, 6.45) is 4.54. The number of amides is 2. The zero-order valence-electron chi connectivity index (χ0n) is 16.4. The summed E-state index contributed by atoms with van der Waals surface area (Å²) >= 11 is 0. The molecule has 30 heavy (non-hydrogen) atoms. The van der Waals surface area contributed by atoms with E-state index in [0.29, 0.717) is 29.1 Å². The number of hydrogen-bond acceptors (Lipinski definition) is 4. The molecule has 0 aliphatic heterocycles. The molecule has 4 rings (SSSR count). The van der Waals surface area contributed by atoms with Crippen LogP contribution in [0.15, 0.2) is 60.7 Å². The van der Waals surface area contributed by atoms with Gasteiger partial charge in [0, 0.05) is 17.3 Å². The number of methoxy groups -OCH3 is 1. The van der Waals surface area contributed by atoms with E-state index in [-0.39, 0.29) is 23.7 Å². The molecule has 1 saturated carbocycles. The van der Waals surface area contributed by atoms with Crippen LogP contribution in [0.5, 0.6) is 5.75 Å². The van der Waals surface area contributed by atoms with Crippen LogP contribution in [-0.2, 0) is 9.59 Å². The first kappa shape index (κ1) is 19.7. The first-order chi connectivity index (χ1) is 14.5. The number of carboxylic acid groups (broad SMARTS) is 1. The van der Waals surface area contributed by atoms with E-state index in [9.17, 15) is 19.5 Å². The van der Waals surface area contributed by atoms with E-state index in [1.54, 1.807) is 42.5 Å². The number of aliphatic carboxylic acids is 1. The zero-order chi connectivity index (χ0) is 21.3. The van der Waals surface area contributed by atoms with Gasteiger partial charge in [-0.3, -0.25) is 14.4 Å². The molecule has 1 fully saturated rings. The predicted octanol–water partition coefficient (Wildman–Crippen LogP) is 3.41. The molecule has 0 spiro atoms. The highest BCUT2D eigenvalue weighted by molar-refractivity contribution is 6.05. The Bertz CT molecular complexity index is 1020. The fraction of sp³-hybridized carbons (Fsp3) is 0.261. The molecule has 2 aromatic carbocycles.